The molecule has 0 radical (unpaired) electrons. The molecular weight excluding hydrogens is 371 g/mol. The van der Waals surface area contributed by atoms with Gasteiger partial charge < -0.3 is 14.9 Å². The van der Waals surface area contributed by atoms with E-state index >= 15 is 0 Å². The predicted octanol–water partition coefficient (Wildman–Crippen LogP) is 4.08. The van der Waals surface area contributed by atoms with Gasteiger partial charge in [-0.15, -0.1) is 0 Å². The summed E-state index contributed by atoms with van der Waals surface area (Å²) >= 11 is 0. The van der Waals surface area contributed by atoms with E-state index < -0.39 is 5.91 Å². The van der Waals surface area contributed by atoms with Crippen LogP contribution in [0.4, 0.5) is 10.1 Å². The van der Waals surface area contributed by atoms with E-state index in [0.717, 1.165) is 5.56 Å². The van der Waals surface area contributed by atoms with Gasteiger partial charge in [-0.2, -0.15) is 0 Å². The lowest BCUT2D eigenvalue weighted by Crippen LogP contribution is -2.30. The van der Waals surface area contributed by atoms with Crippen LogP contribution in [0.5, 0.6) is 5.75 Å². The molecule has 0 atom stereocenters. The molecule has 3 aromatic rings. The average Bonchev–Trinajstić information content (AvgIpc) is 2.73. The highest BCUT2D eigenvalue weighted by Gasteiger charge is 2.21. The molecule has 0 heterocycles. The zero-order valence-corrected chi connectivity index (χ0v) is 16.2. The third-order valence-corrected chi connectivity index (χ3v) is 4.47. The first-order valence-corrected chi connectivity index (χ1v) is 9.03. The van der Waals surface area contributed by atoms with Gasteiger partial charge >= 0.3 is 0 Å². The fourth-order valence-electron chi connectivity index (χ4n) is 2.89. The van der Waals surface area contributed by atoms with Crippen molar-refractivity contribution >= 4 is 17.5 Å². The van der Waals surface area contributed by atoms with Crippen LogP contribution in [0, 0.1) is 5.82 Å². The van der Waals surface area contributed by atoms with Crippen molar-refractivity contribution < 1.29 is 19.1 Å². The quantitative estimate of drug-likeness (QED) is 0.712. The van der Waals surface area contributed by atoms with Gasteiger partial charge in [0, 0.05) is 25.3 Å². The topological polar surface area (TPSA) is 60.9 Å². The molecule has 6 heteroatoms. The molecule has 0 aliphatic heterocycles. The molecule has 0 unspecified atom stereocenters. The Morgan fingerprint density at radius 3 is 2.07 bits per heavy atom. The molecule has 0 spiro atoms. The van der Waals surface area contributed by atoms with Crippen LogP contribution in [-0.2, 0) is 6.54 Å². The Kier molecular flexibility index (Phi) is 5.93. The van der Waals surface area contributed by atoms with E-state index in [9.17, 15) is 19.1 Å². The van der Waals surface area contributed by atoms with E-state index in [1.165, 1.54) is 28.0 Å². The highest BCUT2D eigenvalue weighted by atomic mass is 19.1. The van der Waals surface area contributed by atoms with Gasteiger partial charge in [0.15, 0.2) is 0 Å². The van der Waals surface area contributed by atoms with Crippen LogP contribution >= 0.6 is 0 Å². The number of carbonyl (C=O) groups excluding carboxylic acids is 2. The van der Waals surface area contributed by atoms with Crippen LogP contribution in [-0.4, -0.2) is 35.9 Å². The third-order valence-electron chi connectivity index (χ3n) is 4.47. The summed E-state index contributed by atoms with van der Waals surface area (Å²) in [5.74, 6) is -1.03. The number of phenols is 1. The fourth-order valence-corrected chi connectivity index (χ4v) is 2.89. The molecule has 0 bridgehead atoms. The standard InChI is InChI=1S/C23H21FN2O3/c1-25(2)22(28)17-9-13-19(14-10-17)26(15-16-7-11-18(24)12-8-16)23(29)20-5-3-4-6-21(20)27/h3-14,27H,15H2,1-2H3. The first-order chi connectivity index (χ1) is 13.9. The number of benzene rings is 3. The second kappa shape index (κ2) is 8.56. The maximum Gasteiger partial charge on any atom is 0.262 e. The molecule has 0 saturated carbocycles. The largest absolute Gasteiger partial charge is 0.507 e. The summed E-state index contributed by atoms with van der Waals surface area (Å²) in [7, 11) is 3.33. The molecular formula is C23H21FN2O3. The molecule has 3 rings (SSSR count). The summed E-state index contributed by atoms with van der Waals surface area (Å²) in [6, 6.07) is 18.8. The number of anilines is 1. The Hall–Kier alpha value is -3.67. The van der Waals surface area contributed by atoms with Crippen molar-refractivity contribution in [1.82, 2.24) is 4.90 Å². The summed E-state index contributed by atoms with van der Waals surface area (Å²) in [5.41, 5.74) is 1.93. The zero-order chi connectivity index (χ0) is 21.0. The van der Waals surface area contributed by atoms with Crippen LogP contribution in [0.25, 0.3) is 0 Å². The van der Waals surface area contributed by atoms with E-state index in [0.29, 0.717) is 11.3 Å². The number of carbonyl (C=O) groups is 2. The SMILES string of the molecule is CN(C)C(=O)c1ccc(N(Cc2ccc(F)cc2)C(=O)c2ccccc2O)cc1. The number of para-hydroxylation sites is 1. The van der Waals surface area contributed by atoms with Crippen LogP contribution in [0.2, 0.25) is 0 Å². The number of nitrogens with zero attached hydrogens (tertiary/aromatic N) is 2. The minimum Gasteiger partial charge on any atom is -0.507 e. The Morgan fingerprint density at radius 1 is 0.862 bits per heavy atom. The molecule has 0 fully saturated rings. The molecule has 0 aliphatic rings. The number of amides is 2. The number of hydrogen-bond acceptors (Lipinski definition) is 3. The Balaban J connectivity index is 1.98. The van der Waals surface area contributed by atoms with Gasteiger partial charge in [-0.25, -0.2) is 4.39 Å². The molecule has 2 amide bonds. The summed E-state index contributed by atoms with van der Waals surface area (Å²) in [6.45, 7) is 0.175. The number of aromatic hydroxyl groups is 1. The maximum atomic E-state index is 13.3. The van der Waals surface area contributed by atoms with E-state index in [-0.39, 0.29) is 29.6 Å². The summed E-state index contributed by atoms with van der Waals surface area (Å²) in [6.07, 6.45) is 0. The van der Waals surface area contributed by atoms with Gasteiger partial charge in [-0.1, -0.05) is 24.3 Å². The van der Waals surface area contributed by atoms with Crippen molar-refractivity contribution in [2.24, 2.45) is 0 Å². The molecule has 29 heavy (non-hydrogen) atoms. The molecule has 0 saturated heterocycles. The lowest BCUT2D eigenvalue weighted by atomic mass is 10.1. The Labute approximate surface area is 168 Å². The molecule has 3 aromatic carbocycles. The summed E-state index contributed by atoms with van der Waals surface area (Å²) in [4.78, 5) is 28.3. The van der Waals surface area contributed by atoms with E-state index in [2.05, 4.69) is 0 Å². The second-order valence-corrected chi connectivity index (χ2v) is 6.78. The van der Waals surface area contributed by atoms with Gasteiger partial charge in [0.1, 0.15) is 11.6 Å². The fraction of sp³-hybridized carbons (Fsp3) is 0.130. The van der Waals surface area contributed by atoms with E-state index in [1.807, 2.05) is 0 Å². The normalized spacial score (nSPS) is 10.4. The van der Waals surface area contributed by atoms with Crippen molar-refractivity contribution in [2.45, 2.75) is 6.54 Å². The van der Waals surface area contributed by atoms with Crippen LogP contribution in [0.1, 0.15) is 26.3 Å². The molecule has 148 valence electrons. The van der Waals surface area contributed by atoms with Crippen LogP contribution < -0.4 is 4.90 Å². The van der Waals surface area contributed by atoms with Gasteiger partial charge in [-0.3, -0.25) is 9.59 Å². The number of hydrogen-bond donors (Lipinski definition) is 1. The van der Waals surface area contributed by atoms with Crippen molar-refractivity contribution in [2.75, 3.05) is 19.0 Å². The lowest BCUT2D eigenvalue weighted by molar-refractivity contribution is 0.0827. The minimum absolute atomic E-state index is 0.124. The van der Waals surface area contributed by atoms with Crippen molar-refractivity contribution in [3.05, 3.63) is 95.3 Å². The van der Waals surface area contributed by atoms with E-state index in [1.54, 1.807) is 68.7 Å². The van der Waals surface area contributed by atoms with Gasteiger partial charge in [0.2, 0.25) is 0 Å². The van der Waals surface area contributed by atoms with Crippen LogP contribution in [0.3, 0.4) is 0 Å². The van der Waals surface area contributed by atoms with Crippen molar-refractivity contribution in [3.8, 4) is 5.75 Å². The highest BCUT2D eigenvalue weighted by molar-refractivity contribution is 6.08. The smallest absolute Gasteiger partial charge is 0.262 e. The minimum atomic E-state index is -0.404. The Bertz CT molecular complexity index is 1020. The van der Waals surface area contributed by atoms with E-state index in [4.69, 9.17) is 0 Å². The molecule has 1 N–H and O–H groups in total. The summed E-state index contributed by atoms with van der Waals surface area (Å²) < 4.78 is 13.3. The number of halogens is 1. The van der Waals surface area contributed by atoms with Crippen molar-refractivity contribution in [1.29, 1.82) is 0 Å². The number of rotatable bonds is 5. The van der Waals surface area contributed by atoms with Gasteiger partial charge in [0.05, 0.1) is 12.1 Å². The highest BCUT2D eigenvalue weighted by Crippen LogP contribution is 2.25. The first kappa shape index (κ1) is 20.1. The van der Waals surface area contributed by atoms with Gasteiger partial charge in [-0.05, 0) is 54.1 Å². The zero-order valence-electron chi connectivity index (χ0n) is 16.2. The molecule has 0 aliphatic carbocycles. The first-order valence-electron chi connectivity index (χ1n) is 9.03. The van der Waals surface area contributed by atoms with Crippen molar-refractivity contribution in [3.63, 3.8) is 0 Å². The second-order valence-electron chi connectivity index (χ2n) is 6.78. The lowest BCUT2D eigenvalue weighted by Gasteiger charge is -2.24. The number of phenolic OH excluding ortho intramolecular Hbond substituents is 1. The summed E-state index contributed by atoms with van der Waals surface area (Å²) in [5, 5.41) is 10.1. The maximum absolute atomic E-state index is 13.3. The third kappa shape index (κ3) is 4.60. The molecule has 5 nitrogen and oxygen atoms in total. The Morgan fingerprint density at radius 2 is 1.48 bits per heavy atom. The molecule has 0 aromatic heterocycles. The van der Waals surface area contributed by atoms with Gasteiger partial charge in [0.25, 0.3) is 11.8 Å². The predicted molar refractivity (Wildman–Crippen MR) is 109 cm³/mol. The monoisotopic (exact) mass is 392 g/mol. The van der Waals surface area contributed by atoms with Crippen LogP contribution in [0.15, 0.2) is 72.8 Å². The average molecular weight is 392 g/mol.